The van der Waals surface area contributed by atoms with Gasteiger partial charge < -0.3 is 14.7 Å². The molecule has 7 heteroatoms. The lowest BCUT2D eigenvalue weighted by Crippen LogP contribution is -2.27. The average Bonchev–Trinajstić information content (AvgIpc) is 3.05. The van der Waals surface area contributed by atoms with E-state index in [9.17, 15) is 14.4 Å². The molecule has 1 aromatic rings. The van der Waals surface area contributed by atoms with Gasteiger partial charge in [0.2, 0.25) is 5.91 Å². The first kappa shape index (κ1) is 13.4. The molecule has 21 heavy (non-hydrogen) atoms. The zero-order chi connectivity index (χ0) is 15.0. The van der Waals surface area contributed by atoms with Crippen LogP contribution in [0, 0.1) is 5.92 Å². The molecule has 0 aromatic heterocycles. The van der Waals surface area contributed by atoms with Crippen molar-refractivity contribution in [3.05, 3.63) is 24.3 Å². The second kappa shape index (κ2) is 5.08. The lowest BCUT2D eigenvalue weighted by atomic mass is 10.1. The van der Waals surface area contributed by atoms with Crippen LogP contribution in [0.25, 0.3) is 0 Å². The summed E-state index contributed by atoms with van der Waals surface area (Å²) in [5.41, 5.74) is 1.24. The molecule has 2 saturated heterocycles. The summed E-state index contributed by atoms with van der Waals surface area (Å²) in [6.07, 6.45) is -0.408. The van der Waals surface area contributed by atoms with Crippen LogP contribution in [-0.2, 0) is 14.3 Å². The number of aliphatic carboxylic acids is 1. The Balaban J connectivity index is 1.85. The molecule has 2 aliphatic rings. The van der Waals surface area contributed by atoms with Crippen LogP contribution in [0.1, 0.15) is 6.42 Å². The molecule has 1 unspecified atom stereocenters. The summed E-state index contributed by atoms with van der Waals surface area (Å²) in [7, 11) is 0. The fraction of sp³-hybridized carbons (Fsp3) is 0.357. The Morgan fingerprint density at radius 2 is 1.95 bits per heavy atom. The first-order valence-corrected chi connectivity index (χ1v) is 6.64. The molecule has 1 aromatic carbocycles. The molecule has 7 nitrogen and oxygen atoms in total. The van der Waals surface area contributed by atoms with Gasteiger partial charge in [-0.15, -0.1) is 0 Å². The van der Waals surface area contributed by atoms with Crippen molar-refractivity contribution < 1.29 is 24.2 Å². The summed E-state index contributed by atoms with van der Waals surface area (Å²) in [4.78, 5) is 37.4. The van der Waals surface area contributed by atoms with E-state index in [0.29, 0.717) is 24.5 Å². The van der Waals surface area contributed by atoms with Gasteiger partial charge in [-0.25, -0.2) is 4.79 Å². The number of carboxylic acids is 1. The monoisotopic (exact) mass is 290 g/mol. The number of hydrogen-bond donors (Lipinski definition) is 1. The average molecular weight is 290 g/mol. The lowest BCUT2D eigenvalue weighted by Gasteiger charge is -2.19. The van der Waals surface area contributed by atoms with Crippen molar-refractivity contribution in [2.24, 2.45) is 5.92 Å². The first-order valence-electron chi connectivity index (χ1n) is 6.64. The molecule has 2 fully saturated rings. The van der Waals surface area contributed by atoms with Crippen LogP contribution in [0.5, 0.6) is 0 Å². The van der Waals surface area contributed by atoms with Crippen molar-refractivity contribution in [1.82, 2.24) is 0 Å². The minimum absolute atomic E-state index is 0.00527. The zero-order valence-corrected chi connectivity index (χ0v) is 11.2. The maximum absolute atomic E-state index is 11.9. The quantitative estimate of drug-likeness (QED) is 0.900. The van der Waals surface area contributed by atoms with Crippen molar-refractivity contribution in [1.29, 1.82) is 0 Å². The summed E-state index contributed by atoms with van der Waals surface area (Å²) < 4.78 is 4.88. The molecule has 0 spiro atoms. The Bertz CT molecular complexity index is 615. The smallest absolute Gasteiger partial charge is 0.414 e. The minimum Gasteiger partial charge on any atom is -0.481 e. The summed E-state index contributed by atoms with van der Waals surface area (Å²) in [5.74, 6) is -1.87. The van der Waals surface area contributed by atoms with Gasteiger partial charge in [0.1, 0.15) is 6.61 Å². The van der Waals surface area contributed by atoms with E-state index in [1.54, 1.807) is 24.3 Å². The van der Waals surface area contributed by atoms with Crippen LogP contribution in [0.4, 0.5) is 16.2 Å². The first-order chi connectivity index (χ1) is 10.1. The van der Waals surface area contributed by atoms with Gasteiger partial charge in [-0.3, -0.25) is 14.5 Å². The number of nitrogens with zero attached hydrogens (tertiary/aromatic N) is 2. The molecule has 0 aliphatic carbocycles. The van der Waals surface area contributed by atoms with Crippen molar-refractivity contribution in [2.75, 3.05) is 29.5 Å². The van der Waals surface area contributed by atoms with E-state index in [1.807, 2.05) is 0 Å². The molecular formula is C14H14N2O5. The molecule has 0 saturated carbocycles. The molecule has 2 heterocycles. The molecule has 3 rings (SSSR count). The van der Waals surface area contributed by atoms with E-state index in [0.717, 1.165) is 0 Å². The SMILES string of the molecule is O=C(O)C1CC(=O)N(c2cccc(N3CCOC3=O)c2)C1. The highest BCUT2D eigenvalue weighted by Crippen LogP contribution is 2.29. The van der Waals surface area contributed by atoms with E-state index in [-0.39, 0.29) is 18.9 Å². The highest BCUT2D eigenvalue weighted by atomic mass is 16.6. The van der Waals surface area contributed by atoms with Gasteiger partial charge in [0.05, 0.1) is 12.5 Å². The highest BCUT2D eigenvalue weighted by molar-refractivity contribution is 6.00. The standard InChI is InChI=1S/C14H14N2O5/c17-12-6-9(13(18)19)8-16(12)11-3-1-2-10(7-11)15-4-5-21-14(15)20/h1-3,7,9H,4-6,8H2,(H,18,19). The minimum atomic E-state index is -0.967. The van der Waals surface area contributed by atoms with Gasteiger partial charge in [-0.1, -0.05) is 6.07 Å². The predicted molar refractivity (Wildman–Crippen MR) is 73.2 cm³/mol. The second-order valence-electron chi connectivity index (χ2n) is 5.03. The second-order valence-corrected chi connectivity index (χ2v) is 5.03. The number of cyclic esters (lactones) is 1. The number of anilines is 2. The topological polar surface area (TPSA) is 87.2 Å². The Kier molecular flexibility index (Phi) is 3.25. The summed E-state index contributed by atoms with van der Waals surface area (Å²) in [5, 5.41) is 9.01. The molecular weight excluding hydrogens is 276 g/mol. The van der Waals surface area contributed by atoms with Crippen LogP contribution in [0.15, 0.2) is 24.3 Å². The van der Waals surface area contributed by atoms with Crippen LogP contribution in [-0.4, -0.2) is 42.8 Å². The third kappa shape index (κ3) is 2.42. The van der Waals surface area contributed by atoms with Gasteiger partial charge in [-0.05, 0) is 18.2 Å². The molecule has 110 valence electrons. The van der Waals surface area contributed by atoms with Crippen LogP contribution in [0.3, 0.4) is 0 Å². The van der Waals surface area contributed by atoms with Crippen molar-refractivity contribution in [3.63, 3.8) is 0 Å². The zero-order valence-electron chi connectivity index (χ0n) is 11.2. The van der Waals surface area contributed by atoms with Gasteiger partial charge in [0.25, 0.3) is 0 Å². The number of hydrogen-bond acceptors (Lipinski definition) is 4. The van der Waals surface area contributed by atoms with E-state index in [2.05, 4.69) is 0 Å². The molecule has 1 atom stereocenters. The van der Waals surface area contributed by atoms with E-state index < -0.39 is 18.0 Å². The number of amides is 2. The molecule has 1 N–H and O–H groups in total. The number of benzene rings is 1. The molecule has 2 amide bonds. The number of ether oxygens (including phenoxy) is 1. The molecule has 0 radical (unpaired) electrons. The third-order valence-electron chi connectivity index (χ3n) is 3.69. The Morgan fingerprint density at radius 3 is 2.52 bits per heavy atom. The molecule has 2 aliphatic heterocycles. The van der Waals surface area contributed by atoms with Crippen molar-refractivity contribution in [3.8, 4) is 0 Å². The number of carboxylic acid groups (broad SMARTS) is 1. The molecule has 0 bridgehead atoms. The van der Waals surface area contributed by atoms with Gasteiger partial charge in [0, 0.05) is 24.3 Å². The largest absolute Gasteiger partial charge is 0.481 e. The number of rotatable bonds is 3. The van der Waals surface area contributed by atoms with E-state index >= 15 is 0 Å². The summed E-state index contributed by atoms with van der Waals surface area (Å²) in [6, 6.07) is 6.92. The van der Waals surface area contributed by atoms with Gasteiger partial charge in [-0.2, -0.15) is 0 Å². The lowest BCUT2D eigenvalue weighted by molar-refractivity contribution is -0.141. The summed E-state index contributed by atoms with van der Waals surface area (Å²) in [6.45, 7) is 0.961. The van der Waals surface area contributed by atoms with E-state index in [1.165, 1.54) is 9.80 Å². The predicted octanol–water partition coefficient (Wildman–Crippen LogP) is 1.08. The van der Waals surface area contributed by atoms with Crippen molar-refractivity contribution >= 4 is 29.3 Å². The van der Waals surface area contributed by atoms with Crippen LogP contribution in [0.2, 0.25) is 0 Å². The fourth-order valence-electron chi connectivity index (χ4n) is 2.58. The van der Waals surface area contributed by atoms with Gasteiger partial charge in [0.15, 0.2) is 0 Å². The van der Waals surface area contributed by atoms with Crippen LogP contribution < -0.4 is 9.80 Å². The number of carbonyl (C=O) groups is 3. The maximum atomic E-state index is 11.9. The van der Waals surface area contributed by atoms with E-state index in [4.69, 9.17) is 9.84 Å². The Labute approximate surface area is 120 Å². The third-order valence-corrected chi connectivity index (χ3v) is 3.69. The fourth-order valence-corrected chi connectivity index (χ4v) is 2.58. The highest BCUT2D eigenvalue weighted by Gasteiger charge is 2.35. The Hall–Kier alpha value is -2.57. The maximum Gasteiger partial charge on any atom is 0.414 e. The van der Waals surface area contributed by atoms with Crippen molar-refractivity contribution in [2.45, 2.75) is 6.42 Å². The van der Waals surface area contributed by atoms with Crippen LogP contribution >= 0.6 is 0 Å². The normalized spacial score (nSPS) is 21.8. The summed E-state index contributed by atoms with van der Waals surface area (Å²) >= 11 is 0. The number of carbonyl (C=O) groups excluding carboxylic acids is 2. The van der Waals surface area contributed by atoms with Gasteiger partial charge >= 0.3 is 12.1 Å². The Morgan fingerprint density at radius 1 is 1.24 bits per heavy atom.